The van der Waals surface area contributed by atoms with Gasteiger partial charge in [0.25, 0.3) is 0 Å². The average molecular weight is 304 g/mol. The number of carbonyl (C=O) groups is 1. The van der Waals surface area contributed by atoms with Crippen LogP contribution in [0.15, 0.2) is 6.07 Å². The van der Waals surface area contributed by atoms with Crippen molar-refractivity contribution in [3.63, 3.8) is 0 Å². The summed E-state index contributed by atoms with van der Waals surface area (Å²) in [6, 6.07) is 2.10. The summed E-state index contributed by atoms with van der Waals surface area (Å²) in [5, 5.41) is 7.40. The Labute approximate surface area is 132 Å². The fourth-order valence-corrected chi connectivity index (χ4v) is 4.05. The number of aryl methyl sites for hydroxylation is 1. The zero-order valence-electron chi connectivity index (χ0n) is 13.8. The van der Waals surface area contributed by atoms with Crippen molar-refractivity contribution in [1.82, 2.24) is 15.1 Å². The van der Waals surface area contributed by atoms with E-state index in [0.29, 0.717) is 5.92 Å². The van der Waals surface area contributed by atoms with Crippen LogP contribution in [0.2, 0.25) is 0 Å². The summed E-state index contributed by atoms with van der Waals surface area (Å²) < 4.78 is 0. The molecule has 3 N–H and O–H groups in total. The van der Waals surface area contributed by atoms with Crippen LogP contribution >= 0.6 is 0 Å². The molecule has 1 saturated heterocycles. The van der Waals surface area contributed by atoms with E-state index in [1.807, 2.05) is 18.7 Å². The van der Waals surface area contributed by atoms with Crippen LogP contribution in [0.3, 0.4) is 0 Å². The molecule has 0 radical (unpaired) electrons. The molecular formula is C17H28N4O. The second kappa shape index (κ2) is 6.03. The minimum absolute atomic E-state index is 0.0130. The van der Waals surface area contributed by atoms with Crippen molar-refractivity contribution >= 4 is 5.91 Å². The fourth-order valence-electron chi connectivity index (χ4n) is 4.05. The van der Waals surface area contributed by atoms with Crippen molar-refractivity contribution in [3.05, 3.63) is 17.5 Å². The lowest BCUT2D eigenvalue weighted by molar-refractivity contribution is -0.140. The molecule has 5 heteroatoms. The number of nitrogens with zero attached hydrogens (tertiary/aromatic N) is 2. The van der Waals surface area contributed by atoms with Crippen LogP contribution in [-0.2, 0) is 4.79 Å². The summed E-state index contributed by atoms with van der Waals surface area (Å²) in [4.78, 5) is 15.0. The molecule has 2 aliphatic rings. The highest BCUT2D eigenvalue weighted by atomic mass is 16.2. The molecule has 1 aliphatic carbocycles. The summed E-state index contributed by atoms with van der Waals surface area (Å²) in [6.07, 6.45) is 6.33. The third-order valence-corrected chi connectivity index (χ3v) is 5.43. The van der Waals surface area contributed by atoms with E-state index in [9.17, 15) is 4.79 Å². The number of likely N-dealkylation sites (tertiary alicyclic amines) is 1. The van der Waals surface area contributed by atoms with Gasteiger partial charge in [-0.25, -0.2) is 0 Å². The molecule has 1 aromatic rings. The van der Waals surface area contributed by atoms with Gasteiger partial charge in [-0.15, -0.1) is 0 Å². The first-order valence-corrected chi connectivity index (χ1v) is 8.57. The van der Waals surface area contributed by atoms with Gasteiger partial charge in [0.2, 0.25) is 5.91 Å². The van der Waals surface area contributed by atoms with Gasteiger partial charge < -0.3 is 10.6 Å². The zero-order valence-corrected chi connectivity index (χ0v) is 13.8. The first-order valence-electron chi connectivity index (χ1n) is 8.57. The summed E-state index contributed by atoms with van der Waals surface area (Å²) in [6.45, 7) is 5.72. The molecule has 2 heterocycles. The number of hydrogen-bond acceptors (Lipinski definition) is 3. The monoisotopic (exact) mass is 304 g/mol. The molecule has 22 heavy (non-hydrogen) atoms. The summed E-state index contributed by atoms with van der Waals surface area (Å²) >= 11 is 0. The second-order valence-electron chi connectivity index (χ2n) is 7.40. The standard InChI is InChI=1S/C17H28N4O/c1-12-10-15(20-19-12)13-6-5-9-21(11-13)16(22)14-7-3-4-8-17(14,2)18/h10,13-14H,3-9,11,18H2,1-2H3,(H,19,20). The van der Waals surface area contributed by atoms with Crippen molar-refractivity contribution < 1.29 is 4.79 Å². The third-order valence-electron chi connectivity index (χ3n) is 5.43. The van der Waals surface area contributed by atoms with Gasteiger partial charge in [-0.1, -0.05) is 12.8 Å². The third kappa shape index (κ3) is 3.05. The molecule has 3 atom stereocenters. The van der Waals surface area contributed by atoms with Crippen LogP contribution in [0.25, 0.3) is 0 Å². The van der Waals surface area contributed by atoms with E-state index in [2.05, 4.69) is 16.3 Å². The lowest BCUT2D eigenvalue weighted by Crippen LogP contribution is -2.55. The molecule has 1 amide bonds. The van der Waals surface area contributed by atoms with Crippen molar-refractivity contribution in [2.75, 3.05) is 13.1 Å². The Kier molecular flexibility index (Phi) is 4.26. The lowest BCUT2D eigenvalue weighted by Gasteiger charge is -2.42. The van der Waals surface area contributed by atoms with E-state index in [1.165, 1.54) is 0 Å². The molecule has 0 aromatic carbocycles. The van der Waals surface area contributed by atoms with Gasteiger partial charge in [-0.05, 0) is 45.6 Å². The number of carbonyl (C=O) groups excluding carboxylic acids is 1. The maximum absolute atomic E-state index is 13.0. The van der Waals surface area contributed by atoms with Crippen molar-refractivity contribution in [2.24, 2.45) is 11.7 Å². The van der Waals surface area contributed by atoms with E-state index in [0.717, 1.165) is 63.0 Å². The molecule has 122 valence electrons. The summed E-state index contributed by atoms with van der Waals surface area (Å²) in [5.74, 6) is 0.609. The quantitative estimate of drug-likeness (QED) is 0.880. The number of aromatic nitrogens is 2. The van der Waals surface area contributed by atoms with E-state index >= 15 is 0 Å². The van der Waals surface area contributed by atoms with E-state index in [1.54, 1.807) is 0 Å². The normalized spacial score (nSPS) is 33.0. The largest absolute Gasteiger partial charge is 0.342 e. The van der Waals surface area contributed by atoms with E-state index in [-0.39, 0.29) is 17.4 Å². The molecule has 2 fully saturated rings. The van der Waals surface area contributed by atoms with Gasteiger partial charge >= 0.3 is 0 Å². The number of rotatable bonds is 2. The highest BCUT2D eigenvalue weighted by molar-refractivity contribution is 5.80. The molecular weight excluding hydrogens is 276 g/mol. The maximum Gasteiger partial charge on any atom is 0.227 e. The molecule has 3 rings (SSSR count). The minimum atomic E-state index is -0.342. The lowest BCUT2D eigenvalue weighted by atomic mass is 9.73. The zero-order chi connectivity index (χ0) is 15.7. The Morgan fingerprint density at radius 1 is 1.41 bits per heavy atom. The maximum atomic E-state index is 13.0. The van der Waals surface area contributed by atoms with Crippen LogP contribution in [0.4, 0.5) is 0 Å². The number of aromatic amines is 1. The second-order valence-corrected chi connectivity index (χ2v) is 7.40. The number of nitrogens with one attached hydrogen (secondary N) is 1. The predicted molar refractivity (Wildman–Crippen MR) is 86.4 cm³/mol. The first kappa shape index (κ1) is 15.5. The molecule has 1 aromatic heterocycles. The van der Waals surface area contributed by atoms with E-state index in [4.69, 9.17) is 5.73 Å². The van der Waals surface area contributed by atoms with Gasteiger partial charge in [0.1, 0.15) is 0 Å². The molecule has 1 saturated carbocycles. The highest BCUT2D eigenvalue weighted by Gasteiger charge is 2.40. The van der Waals surface area contributed by atoms with Crippen LogP contribution in [0.1, 0.15) is 62.8 Å². The average Bonchev–Trinajstić information content (AvgIpc) is 2.93. The Balaban J connectivity index is 1.70. The number of piperidine rings is 1. The van der Waals surface area contributed by atoms with Gasteiger partial charge in [-0.2, -0.15) is 5.10 Å². The molecule has 1 aliphatic heterocycles. The smallest absolute Gasteiger partial charge is 0.227 e. The Morgan fingerprint density at radius 2 is 2.23 bits per heavy atom. The predicted octanol–water partition coefficient (Wildman–Crippen LogP) is 2.33. The first-order chi connectivity index (χ1) is 10.5. The molecule has 0 spiro atoms. The summed E-state index contributed by atoms with van der Waals surface area (Å²) in [7, 11) is 0. The fraction of sp³-hybridized carbons (Fsp3) is 0.765. The number of H-pyrrole nitrogens is 1. The Morgan fingerprint density at radius 3 is 2.91 bits per heavy atom. The van der Waals surface area contributed by atoms with Crippen LogP contribution in [0.5, 0.6) is 0 Å². The van der Waals surface area contributed by atoms with Gasteiger partial charge in [0.05, 0.1) is 11.6 Å². The van der Waals surface area contributed by atoms with Crippen molar-refractivity contribution in [2.45, 2.75) is 63.8 Å². The van der Waals surface area contributed by atoms with Gasteiger partial charge in [0, 0.05) is 30.2 Å². The number of nitrogens with two attached hydrogens (primary N) is 1. The highest BCUT2D eigenvalue weighted by Crippen LogP contribution is 2.35. The topological polar surface area (TPSA) is 75.0 Å². The summed E-state index contributed by atoms with van der Waals surface area (Å²) in [5.41, 5.74) is 8.25. The van der Waals surface area contributed by atoms with E-state index < -0.39 is 0 Å². The van der Waals surface area contributed by atoms with Crippen LogP contribution in [-0.4, -0.2) is 39.6 Å². The number of amides is 1. The molecule has 0 bridgehead atoms. The molecule has 3 unspecified atom stereocenters. The molecule has 5 nitrogen and oxygen atoms in total. The minimum Gasteiger partial charge on any atom is -0.342 e. The van der Waals surface area contributed by atoms with Crippen LogP contribution < -0.4 is 5.73 Å². The van der Waals surface area contributed by atoms with Crippen molar-refractivity contribution in [3.8, 4) is 0 Å². The van der Waals surface area contributed by atoms with Crippen molar-refractivity contribution in [1.29, 1.82) is 0 Å². The van der Waals surface area contributed by atoms with Gasteiger partial charge in [0.15, 0.2) is 0 Å². The van der Waals surface area contributed by atoms with Crippen LogP contribution in [0, 0.1) is 12.8 Å². The SMILES string of the molecule is Cc1cc(C2CCCN(C(=O)C3CCCCC3(C)N)C2)n[nH]1. The Bertz CT molecular complexity index is 537. The van der Waals surface area contributed by atoms with Gasteiger partial charge in [-0.3, -0.25) is 9.89 Å². The number of hydrogen-bond donors (Lipinski definition) is 2. The Hall–Kier alpha value is -1.36.